The van der Waals surface area contributed by atoms with E-state index < -0.39 is 23.7 Å². The van der Waals surface area contributed by atoms with E-state index in [4.69, 9.17) is 5.73 Å². The highest BCUT2D eigenvalue weighted by Crippen LogP contribution is 2.41. The Morgan fingerprint density at radius 3 is 2.33 bits per heavy atom. The minimum absolute atomic E-state index is 0.135. The molecule has 0 unspecified atom stereocenters. The zero-order valence-corrected chi connectivity index (χ0v) is 13.3. The Labute approximate surface area is 137 Å². The van der Waals surface area contributed by atoms with Gasteiger partial charge < -0.3 is 16.4 Å². The van der Waals surface area contributed by atoms with Gasteiger partial charge >= 0.3 is 12.2 Å². The zero-order valence-electron chi connectivity index (χ0n) is 13.3. The molecule has 8 heteroatoms. The Balaban J connectivity index is 2.17. The van der Waals surface area contributed by atoms with Crippen LogP contribution in [0, 0.1) is 6.92 Å². The third-order valence-electron chi connectivity index (χ3n) is 4.37. The molecule has 24 heavy (non-hydrogen) atoms. The number of carbonyl (C=O) groups excluding carboxylic acids is 2. The topological polar surface area (TPSA) is 84.2 Å². The SMILES string of the molecule is Cc1ccc(C(N)=O)cc1NC(=O)NC1(C(F)(F)F)CCCCC1. The van der Waals surface area contributed by atoms with Crippen molar-refractivity contribution in [3.8, 4) is 0 Å². The summed E-state index contributed by atoms with van der Waals surface area (Å²) in [4.78, 5) is 23.3. The molecule has 3 amide bonds. The van der Waals surface area contributed by atoms with E-state index in [1.165, 1.54) is 12.1 Å². The third-order valence-corrected chi connectivity index (χ3v) is 4.37. The summed E-state index contributed by atoms with van der Waals surface area (Å²) in [6.07, 6.45) is -3.24. The predicted octanol–water partition coefficient (Wildman–Crippen LogP) is 3.48. The maximum atomic E-state index is 13.4. The number of nitrogens with two attached hydrogens (primary N) is 1. The molecular weight excluding hydrogens is 323 g/mol. The molecule has 0 saturated heterocycles. The summed E-state index contributed by atoms with van der Waals surface area (Å²) in [5.74, 6) is -0.683. The van der Waals surface area contributed by atoms with Crippen LogP contribution in [0.3, 0.4) is 0 Å². The van der Waals surface area contributed by atoms with Crippen LogP contribution in [-0.2, 0) is 0 Å². The first kappa shape index (κ1) is 18.1. The maximum Gasteiger partial charge on any atom is 0.411 e. The molecule has 0 radical (unpaired) electrons. The van der Waals surface area contributed by atoms with Gasteiger partial charge in [-0.05, 0) is 37.5 Å². The number of amides is 3. The number of urea groups is 1. The van der Waals surface area contributed by atoms with Gasteiger partial charge in [0.25, 0.3) is 0 Å². The van der Waals surface area contributed by atoms with Crippen LogP contribution in [0.1, 0.15) is 48.0 Å². The molecule has 0 heterocycles. The van der Waals surface area contributed by atoms with E-state index in [2.05, 4.69) is 10.6 Å². The average Bonchev–Trinajstić information content (AvgIpc) is 2.49. The van der Waals surface area contributed by atoms with Gasteiger partial charge in [-0.2, -0.15) is 13.2 Å². The van der Waals surface area contributed by atoms with Crippen molar-refractivity contribution < 1.29 is 22.8 Å². The molecule has 5 nitrogen and oxygen atoms in total. The maximum absolute atomic E-state index is 13.4. The van der Waals surface area contributed by atoms with Gasteiger partial charge in [0, 0.05) is 11.3 Å². The van der Waals surface area contributed by atoms with E-state index >= 15 is 0 Å². The summed E-state index contributed by atoms with van der Waals surface area (Å²) in [6.45, 7) is 1.67. The van der Waals surface area contributed by atoms with Gasteiger partial charge in [0.05, 0.1) is 0 Å². The van der Waals surface area contributed by atoms with Crippen molar-refractivity contribution >= 4 is 17.6 Å². The fourth-order valence-corrected chi connectivity index (χ4v) is 2.92. The first-order valence-electron chi connectivity index (χ1n) is 7.71. The zero-order chi connectivity index (χ0) is 18.0. The first-order chi connectivity index (χ1) is 11.1. The second-order valence-corrected chi connectivity index (χ2v) is 6.11. The number of aryl methyl sites for hydroxylation is 1. The molecule has 1 fully saturated rings. The van der Waals surface area contributed by atoms with Gasteiger partial charge in [-0.3, -0.25) is 4.79 Å². The van der Waals surface area contributed by atoms with Crippen molar-refractivity contribution in [2.24, 2.45) is 5.73 Å². The number of nitrogens with one attached hydrogen (secondary N) is 2. The van der Waals surface area contributed by atoms with Crippen molar-refractivity contribution in [3.05, 3.63) is 29.3 Å². The summed E-state index contributed by atoms with van der Waals surface area (Å²) < 4.78 is 40.3. The van der Waals surface area contributed by atoms with Gasteiger partial charge in [-0.25, -0.2) is 4.79 Å². The molecule has 1 saturated carbocycles. The molecule has 0 atom stereocenters. The molecule has 4 N–H and O–H groups in total. The third kappa shape index (κ3) is 3.80. The van der Waals surface area contributed by atoms with E-state index in [9.17, 15) is 22.8 Å². The molecule has 0 bridgehead atoms. The van der Waals surface area contributed by atoms with Crippen LogP contribution in [0.25, 0.3) is 0 Å². The summed E-state index contributed by atoms with van der Waals surface area (Å²) in [5, 5.41) is 4.50. The van der Waals surface area contributed by atoms with Crippen molar-refractivity contribution in [1.82, 2.24) is 5.32 Å². The predicted molar refractivity (Wildman–Crippen MR) is 83.7 cm³/mol. The Bertz CT molecular complexity index is 638. The standard InChI is InChI=1S/C16H20F3N3O2/c1-10-5-6-11(13(20)23)9-12(10)21-14(24)22-15(16(17,18)19)7-3-2-4-8-15/h5-6,9H,2-4,7-8H2,1H3,(H2,20,23)(H2,21,22,24). The highest BCUT2D eigenvalue weighted by molar-refractivity contribution is 5.96. The highest BCUT2D eigenvalue weighted by Gasteiger charge is 2.55. The molecule has 0 aromatic heterocycles. The number of hydrogen-bond acceptors (Lipinski definition) is 2. The van der Waals surface area contributed by atoms with Gasteiger partial charge in [0.15, 0.2) is 0 Å². The van der Waals surface area contributed by atoms with Gasteiger partial charge in [0.1, 0.15) is 5.54 Å². The number of rotatable bonds is 3. The number of hydrogen-bond donors (Lipinski definition) is 3. The summed E-state index contributed by atoms with van der Waals surface area (Å²) in [5.41, 5.74) is 4.00. The molecular formula is C16H20F3N3O2. The number of alkyl halides is 3. The summed E-state index contributed by atoms with van der Waals surface area (Å²) >= 11 is 0. The van der Waals surface area contributed by atoms with Crippen LogP contribution in [0.5, 0.6) is 0 Å². The van der Waals surface area contributed by atoms with Crippen LogP contribution >= 0.6 is 0 Å². The van der Waals surface area contributed by atoms with Gasteiger partial charge in [-0.15, -0.1) is 0 Å². The lowest BCUT2D eigenvalue weighted by molar-refractivity contribution is -0.201. The second-order valence-electron chi connectivity index (χ2n) is 6.11. The monoisotopic (exact) mass is 343 g/mol. The Kier molecular flexibility index (Phi) is 5.05. The highest BCUT2D eigenvalue weighted by atomic mass is 19.4. The van der Waals surface area contributed by atoms with Crippen LogP contribution in [0.4, 0.5) is 23.7 Å². The number of anilines is 1. The minimum atomic E-state index is -4.52. The Morgan fingerprint density at radius 2 is 1.79 bits per heavy atom. The lowest BCUT2D eigenvalue weighted by Crippen LogP contribution is -2.60. The number of benzene rings is 1. The molecule has 132 valence electrons. The number of primary amides is 1. The number of carbonyl (C=O) groups is 2. The quantitative estimate of drug-likeness (QED) is 0.785. The summed E-state index contributed by atoms with van der Waals surface area (Å²) in [7, 11) is 0. The Hall–Kier alpha value is -2.25. The molecule has 1 aromatic carbocycles. The van der Waals surface area contributed by atoms with Crippen LogP contribution in [0.2, 0.25) is 0 Å². The van der Waals surface area contributed by atoms with E-state index in [-0.39, 0.29) is 24.1 Å². The lowest BCUT2D eigenvalue weighted by Gasteiger charge is -2.39. The lowest BCUT2D eigenvalue weighted by atomic mass is 9.81. The first-order valence-corrected chi connectivity index (χ1v) is 7.71. The van der Waals surface area contributed by atoms with Crippen molar-refractivity contribution in [3.63, 3.8) is 0 Å². The van der Waals surface area contributed by atoms with E-state index in [0.29, 0.717) is 18.4 Å². The average molecular weight is 343 g/mol. The molecule has 1 aliphatic rings. The van der Waals surface area contributed by atoms with E-state index in [0.717, 1.165) is 6.42 Å². The molecule has 1 aliphatic carbocycles. The second kappa shape index (κ2) is 6.70. The van der Waals surface area contributed by atoms with Crippen LogP contribution < -0.4 is 16.4 Å². The van der Waals surface area contributed by atoms with Gasteiger partial charge in [0.2, 0.25) is 5.91 Å². The van der Waals surface area contributed by atoms with Crippen LogP contribution in [-0.4, -0.2) is 23.7 Å². The fraction of sp³-hybridized carbons (Fsp3) is 0.500. The molecule has 0 spiro atoms. The number of halogens is 3. The Morgan fingerprint density at radius 1 is 1.17 bits per heavy atom. The van der Waals surface area contributed by atoms with Gasteiger partial charge in [-0.1, -0.05) is 25.3 Å². The smallest absolute Gasteiger partial charge is 0.366 e. The normalized spacial score (nSPS) is 17.2. The van der Waals surface area contributed by atoms with Crippen LogP contribution in [0.15, 0.2) is 18.2 Å². The fourth-order valence-electron chi connectivity index (χ4n) is 2.92. The molecule has 2 rings (SSSR count). The van der Waals surface area contributed by atoms with Crippen molar-refractivity contribution in [2.45, 2.75) is 50.7 Å². The van der Waals surface area contributed by atoms with Crippen molar-refractivity contribution in [2.75, 3.05) is 5.32 Å². The van der Waals surface area contributed by atoms with E-state index in [1.54, 1.807) is 13.0 Å². The summed E-state index contributed by atoms with van der Waals surface area (Å²) in [6, 6.07) is 3.45. The van der Waals surface area contributed by atoms with E-state index in [1.807, 2.05) is 0 Å². The molecule has 0 aliphatic heterocycles. The minimum Gasteiger partial charge on any atom is -0.366 e. The molecule has 1 aromatic rings. The largest absolute Gasteiger partial charge is 0.411 e. The van der Waals surface area contributed by atoms with Crippen molar-refractivity contribution in [1.29, 1.82) is 0 Å².